The molecule has 3 nitrogen and oxygen atoms in total. The Hall–Kier alpha value is -1.46. The zero-order valence-corrected chi connectivity index (χ0v) is 13.6. The Morgan fingerprint density at radius 3 is 2.76 bits per heavy atom. The first kappa shape index (κ1) is 14.5. The van der Waals surface area contributed by atoms with Crippen LogP contribution < -0.4 is 9.47 Å². The molecular weight excluding hydrogens is 304 g/mol. The molecule has 2 aromatic rings. The topological polar surface area (TPSA) is 35.5 Å². The van der Waals surface area contributed by atoms with Gasteiger partial charge in [-0.25, -0.2) is 0 Å². The molecule has 0 fully saturated rings. The Labute approximate surface area is 132 Å². The standard InChI is InChI=1S/C16H16O3S2/c1-18-11-3-4-13(19-2)12(8-11)16(17)15-7-10-9-20-6-5-14(10)21-15/h3-4,7-8H,5-6,9H2,1-2H3. The minimum Gasteiger partial charge on any atom is -0.497 e. The quantitative estimate of drug-likeness (QED) is 0.803. The van der Waals surface area contributed by atoms with Crippen molar-refractivity contribution in [2.24, 2.45) is 0 Å². The molecule has 0 radical (unpaired) electrons. The molecule has 0 unspecified atom stereocenters. The minimum atomic E-state index is 0.00940. The third-order valence-electron chi connectivity index (χ3n) is 3.50. The summed E-state index contributed by atoms with van der Waals surface area (Å²) in [5.74, 6) is 3.41. The molecule has 0 saturated heterocycles. The van der Waals surface area contributed by atoms with Gasteiger partial charge in [0.15, 0.2) is 0 Å². The Morgan fingerprint density at radius 2 is 2.05 bits per heavy atom. The maximum atomic E-state index is 12.8. The highest BCUT2D eigenvalue weighted by Crippen LogP contribution is 2.34. The van der Waals surface area contributed by atoms with E-state index >= 15 is 0 Å². The molecule has 0 atom stereocenters. The van der Waals surface area contributed by atoms with Gasteiger partial charge in [0.25, 0.3) is 0 Å². The first-order valence-electron chi connectivity index (χ1n) is 6.69. The van der Waals surface area contributed by atoms with Gasteiger partial charge >= 0.3 is 0 Å². The van der Waals surface area contributed by atoms with Crippen molar-refractivity contribution in [1.29, 1.82) is 0 Å². The van der Waals surface area contributed by atoms with Crippen molar-refractivity contribution >= 4 is 28.9 Å². The number of hydrogen-bond acceptors (Lipinski definition) is 5. The van der Waals surface area contributed by atoms with Crippen LogP contribution in [0.1, 0.15) is 25.7 Å². The Morgan fingerprint density at radius 1 is 1.19 bits per heavy atom. The van der Waals surface area contributed by atoms with Crippen molar-refractivity contribution in [3.8, 4) is 11.5 Å². The summed E-state index contributed by atoms with van der Waals surface area (Å²) in [4.78, 5) is 14.9. The van der Waals surface area contributed by atoms with Crippen LogP contribution in [0.15, 0.2) is 24.3 Å². The number of aryl methyl sites for hydroxylation is 1. The normalized spacial score (nSPS) is 13.6. The molecule has 5 heteroatoms. The van der Waals surface area contributed by atoms with Crippen molar-refractivity contribution in [2.45, 2.75) is 12.2 Å². The second-order valence-electron chi connectivity index (χ2n) is 4.76. The predicted molar refractivity (Wildman–Crippen MR) is 87.2 cm³/mol. The van der Waals surface area contributed by atoms with Crippen molar-refractivity contribution in [1.82, 2.24) is 0 Å². The minimum absolute atomic E-state index is 0.00940. The summed E-state index contributed by atoms with van der Waals surface area (Å²) < 4.78 is 10.5. The smallest absolute Gasteiger partial charge is 0.206 e. The number of methoxy groups -OCH3 is 2. The molecule has 0 spiro atoms. The number of ketones is 1. The summed E-state index contributed by atoms with van der Waals surface area (Å²) in [6, 6.07) is 7.35. The first-order chi connectivity index (χ1) is 10.2. The number of ether oxygens (including phenoxy) is 2. The molecule has 0 saturated carbocycles. The highest BCUT2D eigenvalue weighted by molar-refractivity contribution is 7.98. The molecule has 110 valence electrons. The van der Waals surface area contributed by atoms with Crippen LogP contribution in [0.5, 0.6) is 11.5 Å². The molecule has 1 aliphatic heterocycles. The lowest BCUT2D eigenvalue weighted by Gasteiger charge is -2.08. The average molecular weight is 320 g/mol. The van der Waals surface area contributed by atoms with E-state index in [9.17, 15) is 4.79 Å². The van der Waals surface area contributed by atoms with E-state index < -0.39 is 0 Å². The maximum Gasteiger partial charge on any atom is 0.206 e. The van der Waals surface area contributed by atoms with Gasteiger partial charge in [0.05, 0.1) is 24.7 Å². The molecular formula is C16H16O3S2. The maximum absolute atomic E-state index is 12.8. The van der Waals surface area contributed by atoms with Crippen molar-refractivity contribution < 1.29 is 14.3 Å². The van der Waals surface area contributed by atoms with E-state index in [1.807, 2.05) is 17.8 Å². The van der Waals surface area contributed by atoms with Gasteiger partial charge in [0.2, 0.25) is 5.78 Å². The van der Waals surface area contributed by atoms with Crippen LogP contribution in [0.2, 0.25) is 0 Å². The van der Waals surface area contributed by atoms with Gasteiger partial charge in [-0.1, -0.05) is 0 Å². The fraction of sp³-hybridized carbons (Fsp3) is 0.312. The van der Waals surface area contributed by atoms with Crippen LogP contribution in [0, 0.1) is 0 Å². The number of fused-ring (bicyclic) bond motifs is 1. The highest BCUT2D eigenvalue weighted by Gasteiger charge is 2.21. The molecule has 1 aliphatic rings. The van der Waals surface area contributed by atoms with Gasteiger partial charge < -0.3 is 9.47 Å². The van der Waals surface area contributed by atoms with Crippen molar-refractivity contribution in [3.05, 3.63) is 45.1 Å². The zero-order valence-electron chi connectivity index (χ0n) is 12.0. The van der Waals surface area contributed by atoms with Crippen molar-refractivity contribution in [3.63, 3.8) is 0 Å². The summed E-state index contributed by atoms with van der Waals surface area (Å²) in [7, 11) is 3.17. The average Bonchev–Trinajstić information content (AvgIpc) is 2.97. The van der Waals surface area contributed by atoms with Gasteiger partial charge in [-0.15, -0.1) is 11.3 Å². The van der Waals surface area contributed by atoms with E-state index in [2.05, 4.69) is 0 Å². The zero-order chi connectivity index (χ0) is 14.8. The van der Waals surface area contributed by atoms with Crippen LogP contribution in [0.4, 0.5) is 0 Å². The number of thioether (sulfide) groups is 1. The molecule has 0 N–H and O–H groups in total. The van der Waals surface area contributed by atoms with E-state index in [4.69, 9.17) is 9.47 Å². The van der Waals surface area contributed by atoms with Crippen LogP contribution in [0.3, 0.4) is 0 Å². The molecule has 1 aromatic heterocycles. The molecule has 1 aromatic carbocycles. The fourth-order valence-corrected chi connectivity index (χ4v) is 4.71. The number of carbonyl (C=O) groups is 1. The summed E-state index contributed by atoms with van der Waals surface area (Å²) in [5.41, 5.74) is 1.87. The van der Waals surface area contributed by atoms with Crippen molar-refractivity contribution in [2.75, 3.05) is 20.0 Å². The highest BCUT2D eigenvalue weighted by atomic mass is 32.2. The summed E-state index contributed by atoms with van der Waals surface area (Å²) in [5, 5.41) is 0. The molecule has 2 heterocycles. The van der Waals surface area contributed by atoms with E-state index in [1.165, 1.54) is 10.4 Å². The lowest BCUT2D eigenvalue weighted by atomic mass is 10.1. The molecule has 0 amide bonds. The van der Waals surface area contributed by atoms with E-state index in [-0.39, 0.29) is 5.78 Å². The van der Waals surface area contributed by atoms with Crippen LogP contribution in [-0.4, -0.2) is 25.8 Å². The molecule has 3 rings (SSSR count). The molecule has 0 aliphatic carbocycles. The number of thiophene rings is 1. The number of benzene rings is 1. The third-order valence-corrected chi connectivity index (χ3v) is 5.75. The fourth-order valence-electron chi connectivity index (χ4n) is 2.38. The van der Waals surface area contributed by atoms with Crippen LogP contribution in [0.25, 0.3) is 0 Å². The largest absolute Gasteiger partial charge is 0.497 e. The first-order valence-corrected chi connectivity index (χ1v) is 8.66. The Balaban J connectivity index is 1.99. The van der Waals surface area contributed by atoms with Gasteiger partial charge in [0, 0.05) is 10.6 Å². The molecule has 0 bridgehead atoms. The van der Waals surface area contributed by atoms with Gasteiger partial charge in [-0.05, 0) is 42.0 Å². The monoisotopic (exact) mass is 320 g/mol. The lowest BCUT2D eigenvalue weighted by molar-refractivity contribution is 0.103. The summed E-state index contributed by atoms with van der Waals surface area (Å²) in [6.07, 6.45) is 1.06. The van der Waals surface area contributed by atoms with E-state index in [0.717, 1.165) is 22.8 Å². The number of hydrogen-bond donors (Lipinski definition) is 0. The second-order valence-corrected chi connectivity index (χ2v) is 7.00. The third kappa shape index (κ3) is 2.80. The van der Waals surface area contributed by atoms with E-state index in [0.29, 0.717) is 17.1 Å². The second kappa shape index (κ2) is 6.12. The van der Waals surface area contributed by atoms with Gasteiger partial charge in [0.1, 0.15) is 11.5 Å². The SMILES string of the molecule is COc1ccc(OC)c(C(=O)c2cc3c(s2)CCSC3)c1. The van der Waals surface area contributed by atoms with E-state index in [1.54, 1.807) is 43.8 Å². The molecule has 21 heavy (non-hydrogen) atoms. The van der Waals surface area contributed by atoms with Crippen LogP contribution in [-0.2, 0) is 12.2 Å². The van der Waals surface area contributed by atoms with Gasteiger partial charge in [-0.2, -0.15) is 11.8 Å². The van der Waals surface area contributed by atoms with Gasteiger partial charge in [-0.3, -0.25) is 4.79 Å². The summed E-state index contributed by atoms with van der Waals surface area (Å²) in [6.45, 7) is 0. The predicted octanol–water partition coefficient (Wildman–Crippen LogP) is 3.79. The number of rotatable bonds is 4. The summed E-state index contributed by atoms with van der Waals surface area (Å²) >= 11 is 3.53. The number of carbonyl (C=O) groups excluding carboxylic acids is 1. The van der Waals surface area contributed by atoms with Crippen LogP contribution >= 0.6 is 23.1 Å². The Bertz CT molecular complexity index is 653. The lowest BCUT2D eigenvalue weighted by Crippen LogP contribution is -2.02. The Kier molecular flexibility index (Phi) is 4.22.